The molecule has 2 aromatic rings. The Bertz CT molecular complexity index is 530. The molecule has 0 radical (unpaired) electrons. The lowest BCUT2D eigenvalue weighted by molar-refractivity contribution is 0.0744. The van der Waals surface area contributed by atoms with Crippen molar-refractivity contribution < 1.29 is 9.32 Å². The molecule has 0 saturated carbocycles. The molecule has 0 atom stereocenters. The van der Waals surface area contributed by atoms with Gasteiger partial charge in [-0.05, 0) is 30.9 Å². The van der Waals surface area contributed by atoms with Crippen LogP contribution in [0.3, 0.4) is 0 Å². The van der Waals surface area contributed by atoms with E-state index < -0.39 is 0 Å². The SMILES string of the molecule is Cc1cc(C(=O)N(C)Cc2sccc2C)on1. The van der Waals surface area contributed by atoms with Gasteiger partial charge in [-0.25, -0.2) is 0 Å². The van der Waals surface area contributed by atoms with E-state index in [-0.39, 0.29) is 5.91 Å². The van der Waals surface area contributed by atoms with Gasteiger partial charge in [-0.1, -0.05) is 5.16 Å². The lowest BCUT2D eigenvalue weighted by atomic mass is 10.2. The quantitative estimate of drug-likeness (QED) is 0.841. The van der Waals surface area contributed by atoms with E-state index in [2.05, 4.69) is 11.2 Å². The predicted octanol–water partition coefficient (Wildman–Crippen LogP) is 2.63. The van der Waals surface area contributed by atoms with Crippen molar-refractivity contribution in [2.75, 3.05) is 7.05 Å². The fourth-order valence-electron chi connectivity index (χ4n) is 1.51. The van der Waals surface area contributed by atoms with Crippen LogP contribution in [0.2, 0.25) is 0 Å². The molecule has 17 heavy (non-hydrogen) atoms. The number of aryl methyl sites for hydroxylation is 2. The first kappa shape index (κ1) is 11.9. The Hall–Kier alpha value is -1.62. The van der Waals surface area contributed by atoms with E-state index in [4.69, 9.17) is 4.52 Å². The first-order chi connectivity index (χ1) is 8.08. The molecule has 0 aliphatic carbocycles. The summed E-state index contributed by atoms with van der Waals surface area (Å²) in [6, 6.07) is 3.71. The Morgan fingerprint density at radius 1 is 1.53 bits per heavy atom. The molecule has 0 fully saturated rings. The highest BCUT2D eigenvalue weighted by molar-refractivity contribution is 7.10. The van der Waals surface area contributed by atoms with Gasteiger partial charge in [-0.2, -0.15) is 0 Å². The Morgan fingerprint density at radius 3 is 2.82 bits per heavy atom. The van der Waals surface area contributed by atoms with Crippen LogP contribution in [0.15, 0.2) is 22.0 Å². The molecule has 0 aromatic carbocycles. The molecule has 4 nitrogen and oxygen atoms in total. The van der Waals surface area contributed by atoms with Crippen molar-refractivity contribution in [3.63, 3.8) is 0 Å². The molecule has 0 N–H and O–H groups in total. The lowest BCUT2D eigenvalue weighted by Crippen LogP contribution is -2.25. The molecule has 0 spiro atoms. The molecular formula is C12H14N2O2S. The van der Waals surface area contributed by atoms with Gasteiger partial charge in [0.2, 0.25) is 5.76 Å². The highest BCUT2D eigenvalue weighted by Gasteiger charge is 2.17. The van der Waals surface area contributed by atoms with Crippen LogP contribution in [0, 0.1) is 13.8 Å². The summed E-state index contributed by atoms with van der Waals surface area (Å²) in [7, 11) is 1.76. The zero-order valence-electron chi connectivity index (χ0n) is 10.1. The highest BCUT2D eigenvalue weighted by atomic mass is 32.1. The standard InChI is InChI=1S/C12H14N2O2S/c1-8-4-5-17-11(8)7-14(3)12(15)10-6-9(2)13-16-10/h4-6H,7H2,1-3H3. The van der Waals surface area contributed by atoms with Gasteiger partial charge in [0.1, 0.15) is 0 Å². The van der Waals surface area contributed by atoms with Crippen LogP contribution >= 0.6 is 11.3 Å². The molecular weight excluding hydrogens is 236 g/mol. The first-order valence-electron chi connectivity index (χ1n) is 5.29. The average molecular weight is 250 g/mol. The van der Waals surface area contributed by atoms with E-state index >= 15 is 0 Å². The third-order valence-electron chi connectivity index (χ3n) is 2.53. The number of amides is 1. The fraction of sp³-hybridized carbons (Fsp3) is 0.333. The van der Waals surface area contributed by atoms with Crippen LogP contribution in [0.5, 0.6) is 0 Å². The topological polar surface area (TPSA) is 46.3 Å². The van der Waals surface area contributed by atoms with E-state index in [1.165, 1.54) is 10.4 Å². The number of hydrogen-bond acceptors (Lipinski definition) is 4. The van der Waals surface area contributed by atoms with Gasteiger partial charge < -0.3 is 9.42 Å². The number of thiophene rings is 1. The summed E-state index contributed by atoms with van der Waals surface area (Å²) in [5, 5.41) is 5.74. The third-order valence-corrected chi connectivity index (χ3v) is 3.54. The minimum Gasteiger partial charge on any atom is -0.351 e. The molecule has 90 valence electrons. The van der Waals surface area contributed by atoms with Gasteiger partial charge in [-0.15, -0.1) is 11.3 Å². The van der Waals surface area contributed by atoms with Crippen molar-refractivity contribution in [3.8, 4) is 0 Å². The van der Waals surface area contributed by atoms with Crippen molar-refractivity contribution in [3.05, 3.63) is 39.4 Å². The summed E-state index contributed by atoms with van der Waals surface area (Å²) in [5.41, 5.74) is 1.93. The van der Waals surface area contributed by atoms with Crippen LogP contribution in [0.4, 0.5) is 0 Å². The second kappa shape index (κ2) is 4.71. The van der Waals surface area contributed by atoms with Crippen LogP contribution in [-0.2, 0) is 6.54 Å². The Kier molecular flexibility index (Phi) is 3.28. The third kappa shape index (κ3) is 2.55. The van der Waals surface area contributed by atoms with Crippen molar-refractivity contribution in [1.29, 1.82) is 0 Å². The maximum absolute atomic E-state index is 12.0. The zero-order chi connectivity index (χ0) is 12.4. The zero-order valence-corrected chi connectivity index (χ0v) is 10.9. The molecule has 2 rings (SSSR count). The van der Waals surface area contributed by atoms with Crippen LogP contribution in [0.1, 0.15) is 26.7 Å². The first-order valence-corrected chi connectivity index (χ1v) is 6.17. The normalized spacial score (nSPS) is 10.5. The van der Waals surface area contributed by atoms with E-state index in [0.717, 1.165) is 0 Å². The highest BCUT2D eigenvalue weighted by Crippen LogP contribution is 2.18. The van der Waals surface area contributed by atoms with Gasteiger partial charge in [0.25, 0.3) is 5.91 Å². The maximum Gasteiger partial charge on any atom is 0.292 e. The summed E-state index contributed by atoms with van der Waals surface area (Å²) in [5.74, 6) is 0.151. The molecule has 0 aliphatic heterocycles. The van der Waals surface area contributed by atoms with Crippen LogP contribution in [0.25, 0.3) is 0 Å². The van der Waals surface area contributed by atoms with Gasteiger partial charge >= 0.3 is 0 Å². The van der Waals surface area contributed by atoms with E-state index in [9.17, 15) is 4.79 Å². The number of carbonyl (C=O) groups excluding carboxylic acids is 1. The van der Waals surface area contributed by atoms with Gasteiger partial charge in [0, 0.05) is 18.0 Å². The predicted molar refractivity (Wildman–Crippen MR) is 66.1 cm³/mol. The molecule has 0 bridgehead atoms. The minimum absolute atomic E-state index is 0.140. The fourth-order valence-corrected chi connectivity index (χ4v) is 2.46. The molecule has 2 heterocycles. The monoisotopic (exact) mass is 250 g/mol. The Labute approximate surface area is 104 Å². The molecule has 0 unspecified atom stereocenters. The number of rotatable bonds is 3. The summed E-state index contributed by atoms with van der Waals surface area (Å²) < 4.78 is 4.96. The molecule has 0 saturated heterocycles. The summed E-state index contributed by atoms with van der Waals surface area (Å²) in [6.07, 6.45) is 0. The summed E-state index contributed by atoms with van der Waals surface area (Å²) >= 11 is 1.66. The van der Waals surface area contributed by atoms with E-state index in [1.807, 2.05) is 12.3 Å². The molecule has 1 amide bonds. The molecule has 5 heteroatoms. The van der Waals surface area contributed by atoms with E-state index in [1.54, 1.807) is 36.3 Å². The minimum atomic E-state index is -0.140. The summed E-state index contributed by atoms with van der Waals surface area (Å²) in [4.78, 5) is 14.8. The lowest BCUT2D eigenvalue weighted by Gasteiger charge is -2.14. The van der Waals surface area contributed by atoms with E-state index in [0.29, 0.717) is 18.0 Å². The number of carbonyl (C=O) groups is 1. The Balaban J connectivity index is 2.08. The van der Waals surface area contributed by atoms with Crippen molar-refractivity contribution >= 4 is 17.2 Å². The van der Waals surface area contributed by atoms with Crippen LogP contribution < -0.4 is 0 Å². The van der Waals surface area contributed by atoms with Crippen LogP contribution in [-0.4, -0.2) is 23.0 Å². The van der Waals surface area contributed by atoms with Crippen molar-refractivity contribution in [2.24, 2.45) is 0 Å². The number of aromatic nitrogens is 1. The number of nitrogens with zero attached hydrogens (tertiary/aromatic N) is 2. The largest absolute Gasteiger partial charge is 0.351 e. The summed E-state index contributed by atoms with van der Waals surface area (Å²) in [6.45, 7) is 4.44. The smallest absolute Gasteiger partial charge is 0.292 e. The second-order valence-corrected chi connectivity index (χ2v) is 5.02. The van der Waals surface area contributed by atoms with Gasteiger partial charge in [0.05, 0.1) is 12.2 Å². The molecule has 0 aliphatic rings. The van der Waals surface area contributed by atoms with Crippen molar-refractivity contribution in [1.82, 2.24) is 10.1 Å². The van der Waals surface area contributed by atoms with Gasteiger partial charge in [0.15, 0.2) is 0 Å². The maximum atomic E-state index is 12.0. The van der Waals surface area contributed by atoms with Crippen molar-refractivity contribution in [2.45, 2.75) is 20.4 Å². The van der Waals surface area contributed by atoms with Gasteiger partial charge in [-0.3, -0.25) is 4.79 Å². The number of hydrogen-bond donors (Lipinski definition) is 0. The Morgan fingerprint density at radius 2 is 2.29 bits per heavy atom. The molecule has 2 aromatic heterocycles. The average Bonchev–Trinajstić information content (AvgIpc) is 2.88. The second-order valence-electron chi connectivity index (χ2n) is 4.02.